The lowest BCUT2D eigenvalue weighted by Gasteiger charge is -2.09. The normalized spacial score (nSPS) is 10.5. The van der Waals surface area contributed by atoms with Crippen molar-refractivity contribution in [1.82, 2.24) is 9.78 Å². The van der Waals surface area contributed by atoms with Gasteiger partial charge in [-0.05, 0) is 59.0 Å². The third kappa shape index (κ3) is 3.23. The summed E-state index contributed by atoms with van der Waals surface area (Å²) >= 11 is 1.95. The smallest absolute Gasteiger partial charge is 0.356 e. The minimum Gasteiger partial charge on any atom is -0.476 e. The van der Waals surface area contributed by atoms with E-state index in [2.05, 4.69) is 5.10 Å². The topological polar surface area (TPSA) is 78.9 Å². The van der Waals surface area contributed by atoms with Crippen LogP contribution in [0.3, 0.4) is 0 Å². The molecule has 0 spiro atoms. The number of benzene rings is 2. The highest BCUT2D eigenvalue weighted by molar-refractivity contribution is 14.1. The molecule has 1 aromatic heterocycles. The lowest BCUT2D eigenvalue weighted by atomic mass is 10.1. The van der Waals surface area contributed by atoms with Crippen LogP contribution in [0.25, 0.3) is 16.9 Å². The maximum Gasteiger partial charge on any atom is 0.356 e. The van der Waals surface area contributed by atoms with E-state index in [-0.39, 0.29) is 28.2 Å². The fourth-order valence-corrected chi connectivity index (χ4v) is 2.75. The summed E-state index contributed by atoms with van der Waals surface area (Å²) in [6.07, 6.45) is 0. The SMILES string of the molecule is N#Cc1ccc(-c2cc(C(=O)O)nn2-c2ccc(I)cc2F)cc1F. The van der Waals surface area contributed by atoms with Gasteiger partial charge in [0, 0.05) is 9.13 Å². The average molecular weight is 451 g/mol. The lowest BCUT2D eigenvalue weighted by molar-refractivity contribution is 0.0690. The van der Waals surface area contributed by atoms with Crippen LogP contribution in [0.4, 0.5) is 8.78 Å². The van der Waals surface area contributed by atoms with Crippen LogP contribution in [0.15, 0.2) is 42.5 Å². The second-order valence-corrected chi connectivity index (χ2v) is 6.28. The van der Waals surface area contributed by atoms with Crippen molar-refractivity contribution in [3.63, 3.8) is 0 Å². The van der Waals surface area contributed by atoms with Crippen molar-refractivity contribution >= 4 is 28.6 Å². The van der Waals surface area contributed by atoms with Crippen LogP contribution >= 0.6 is 22.6 Å². The maximum absolute atomic E-state index is 14.3. The number of carboxylic acid groups (broad SMARTS) is 1. The van der Waals surface area contributed by atoms with Gasteiger partial charge in [-0.2, -0.15) is 10.4 Å². The third-order valence-electron chi connectivity index (χ3n) is 3.45. The minimum atomic E-state index is -1.29. The molecule has 0 radical (unpaired) electrons. The van der Waals surface area contributed by atoms with Crippen LogP contribution in [0.1, 0.15) is 16.1 Å². The Morgan fingerprint density at radius 3 is 2.52 bits per heavy atom. The molecule has 0 aliphatic carbocycles. The van der Waals surface area contributed by atoms with E-state index in [4.69, 9.17) is 5.26 Å². The third-order valence-corrected chi connectivity index (χ3v) is 4.12. The molecule has 3 aromatic rings. The minimum absolute atomic E-state index is 0.0349. The van der Waals surface area contributed by atoms with Crippen LogP contribution in [0, 0.1) is 26.5 Å². The van der Waals surface area contributed by atoms with Gasteiger partial charge >= 0.3 is 5.97 Å². The summed E-state index contributed by atoms with van der Waals surface area (Å²) in [5.74, 6) is -2.64. The van der Waals surface area contributed by atoms with E-state index in [0.29, 0.717) is 3.57 Å². The number of aromatic carboxylic acids is 1. The molecule has 0 saturated carbocycles. The molecule has 5 nitrogen and oxygen atoms in total. The van der Waals surface area contributed by atoms with E-state index in [9.17, 15) is 18.7 Å². The first-order valence-corrected chi connectivity index (χ1v) is 7.97. The number of nitriles is 1. The molecule has 8 heteroatoms. The number of rotatable bonds is 3. The Morgan fingerprint density at radius 2 is 1.92 bits per heavy atom. The van der Waals surface area contributed by atoms with Gasteiger partial charge < -0.3 is 5.11 Å². The van der Waals surface area contributed by atoms with E-state index in [1.54, 1.807) is 12.1 Å². The van der Waals surface area contributed by atoms with Gasteiger partial charge in [-0.25, -0.2) is 18.3 Å². The average Bonchev–Trinajstić information content (AvgIpc) is 3.00. The number of halogens is 3. The summed E-state index contributed by atoms with van der Waals surface area (Å²) in [6.45, 7) is 0. The Labute approximate surface area is 154 Å². The molecule has 0 amide bonds. The molecular formula is C17H8F2IN3O2. The number of carbonyl (C=O) groups is 1. The predicted molar refractivity (Wildman–Crippen MR) is 93.3 cm³/mol. The van der Waals surface area contributed by atoms with Gasteiger partial charge in [-0.3, -0.25) is 0 Å². The lowest BCUT2D eigenvalue weighted by Crippen LogP contribution is -2.04. The van der Waals surface area contributed by atoms with Crippen molar-refractivity contribution in [2.75, 3.05) is 0 Å². The fourth-order valence-electron chi connectivity index (χ4n) is 2.29. The highest BCUT2D eigenvalue weighted by Gasteiger charge is 2.19. The van der Waals surface area contributed by atoms with Crippen molar-refractivity contribution in [3.05, 3.63) is 68.9 Å². The summed E-state index contributed by atoms with van der Waals surface area (Å²) in [4.78, 5) is 11.2. The molecule has 124 valence electrons. The molecule has 3 rings (SSSR count). The fraction of sp³-hybridized carbons (Fsp3) is 0. The zero-order chi connectivity index (χ0) is 18.1. The van der Waals surface area contributed by atoms with Gasteiger partial charge in [-0.15, -0.1) is 0 Å². The molecular weight excluding hydrogens is 443 g/mol. The Kier molecular flexibility index (Phi) is 4.50. The summed E-state index contributed by atoms with van der Waals surface area (Å²) in [5, 5.41) is 21.9. The molecule has 0 atom stereocenters. The molecule has 2 aromatic carbocycles. The standard InChI is InChI=1S/C17H8F2IN3O2/c18-12-5-9(1-2-10(12)8-21)16-7-14(17(24)25)22-23(16)15-4-3-11(20)6-13(15)19/h1-7H,(H,24,25). The number of aromatic nitrogens is 2. The molecule has 0 aliphatic heterocycles. The van der Waals surface area contributed by atoms with Gasteiger partial charge in [0.2, 0.25) is 0 Å². The highest BCUT2D eigenvalue weighted by Crippen LogP contribution is 2.27. The van der Waals surface area contributed by atoms with Crippen LogP contribution < -0.4 is 0 Å². The predicted octanol–water partition coefficient (Wildman–Crippen LogP) is 3.99. The van der Waals surface area contributed by atoms with Crippen LogP contribution in [-0.2, 0) is 0 Å². The zero-order valence-corrected chi connectivity index (χ0v) is 14.5. The van der Waals surface area contributed by atoms with Crippen molar-refractivity contribution < 1.29 is 18.7 Å². The van der Waals surface area contributed by atoms with Crippen LogP contribution in [0.2, 0.25) is 0 Å². The number of hydrogen-bond donors (Lipinski definition) is 1. The summed E-state index contributed by atoms with van der Waals surface area (Å²) in [5.41, 5.74) is 0.0504. The summed E-state index contributed by atoms with van der Waals surface area (Å²) in [6, 6.07) is 11.1. The first-order valence-electron chi connectivity index (χ1n) is 6.89. The molecule has 0 unspecified atom stereocenters. The highest BCUT2D eigenvalue weighted by atomic mass is 127. The molecule has 0 saturated heterocycles. The quantitative estimate of drug-likeness (QED) is 0.611. The Morgan fingerprint density at radius 1 is 1.16 bits per heavy atom. The maximum atomic E-state index is 14.3. The summed E-state index contributed by atoms with van der Waals surface area (Å²) in [7, 11) is 0. The van der Waals surface area contributed by atoms with E-state index in [1.165, 1.54) is 30.3 Å². The molecule has 0 fully saturated rings. The van der Waals surface area contributed by atoms with Crippen LogP contribution in [0.5, 0.6) is 0 Å². The van der Waals surface area contributed by atoms with Crippen molar-refractivity contribution in [2.24, 2.45) is 0 Å². The van der Waals surface area contributed by atoms with E-state index in [1.807, 2.05) is 22.6 Å². The Bertz CT molecular complexity index is 1040. The van der Waals surface area contributed by atoms with Gasteiger partial charge in [0.1, 0.15) is 23.4 Å². The second kappa shape index (κ2) is 6.60. The van der Waals surface area contributed by atoms with E-state index >= 15 is 0 Å². The van der Waals surface area contributed by atoms with Gasteiger partial charge in [0.05, 0.1) is 11.3 Å². The summed E-state index contributed by atoms with van der Waals surface area (Å²) < 4.78 is 30.0. The van der Waals surface area contributed by atoms with Crippen molar-refractivity contribution in [2.45, 2.75) is 0 Å². The van der Waals surface area contributed by atoms with Gasteiger partial charge in [-0.1, -0.05) is 6.07 Å². The van der Waals surface area contributed by atoms with Gasteiger partial charge in [0.25, 0.3) is 0 Å². The van der Waals surface area contributed by atoms with E-state index < -0.39 is 17.6 Å². The largest absolute Gasteiger partial charge is 0.476 e. The van der Waals surface area contributed by atoms with E-state index in [0.717, 1.165) is 10.7 Å². The second-order valence-electron chi connectivity index (χ2n) is 5.03. The zero-order valence-electron chi connectivity index (χ0n) is 12.4. The van der Waals surface area contributed by atoms with Crippen molar-refractivity contribution in [3.8, 4) is 23.0 Å². The molecule has 0 bridgehead atoms. The molecule has 25 heavy (non-hydrogen) atoms. The number of nitrogens with zero attached hydrogens (tertiary/aromatic N) is 3. The monoisotopic (exact) mass is 451 g/mol. The first-order chi connectivity index (χ1) is 11.9. The van der Waals surface area contributed by atoms with Crippen LogP contribution in [-0.4, -0.2) is 20.9 Å². The van der Waals surface area contributed by atoms with Gasteiger partial charge in [0.15, 0.2) is 5.69 Å². The molecule has 1 N–H and O–H groups in total. The molecule has 0 aliphatic rings. The van der Waals surface area contributed by atoms with Crippen molar-refractivity contribution in [1.29, 1.82) is 5.26 Å². The Balaban J connectivity index is 2.24. The number of carboxylic acids is 1. The first kappa shape index (κ1) is 17.0. The number of hydrogen-bond acceptors (Lipinski definition) is 3. The Hall–Kier alpha value is -2.80. The molecule has 1 heterocycles.